The van der Waals surface area contributed by atoms with Crippen LogP contribution in [0.25, 0.3) is 0 Å². The zero-order valence-corrected chi connectivity index (χ0v) is 27.2. The van der Waals surface area contributed by atoms with E-state index in [-0.39, 0.29) is 11.9 Å². The fraction of sp³-hybridized carbons (Fsp3) is 0.943. The van der Waals surface area contributed by atoms with Crippen molar-refractivity contribution >= 4 is 11.9 Å². The maximum absolute atomic E-state index is 12.4. The number of rotatable bonds is 28. The van der Waals surface area contributed by atoms with Gasteiger partial charge in [-0.2, -0.15) is 0 Å². The molecule has 0 aliphatic heterocycles. The number of unbranched alkanes of at least 4 members (excludes halogenated alkanes) is 11. The standard InChI is InChI=1S/C35H68O4/c1-7-11-23-31(9-3)28-38-34(36)26-22-20-18-16-14-13-15-17-19-21-25-33(30(5)6)27-35(37)39-29-32(10-4)24-12-8-2/h30-33H,7-29H2,1-6H3. The molecule has 0 aromatic heterocycles. The summed E-state index contributed by atoms with van der Waals surface area (Å²) in [5.41, 5.74) is 0. The highest BCUT2D eigenvalue weighted by Gasteiger charge is 2.19. The molecule has 0 saturated carbocycles. The Kier molecular flexibility index (Phi) is 26.4. The summed E-state index contributed by atoms with van der Waals surface area (Å²) in [5, 5.41) is 0. The average molecular weight is 553 g/mol. The molecular weight excluding hydrogens is 484 g/mol. The third-order valence-electron chi connectivity index (χ3n) is 8.62. The summed E-state index contributed by atoms with van der Waals surface area (Å²) < 4.78 is 11.2. The maximum atomic E-state index is 12.4. The molecule has 0 N–H and O–H groups in total. The van der Waals surface area contributed by atoms with E-state index < -0.39 is 0 Å². The molecular formula is C35H68O4. The van der Waals surface area contributed by atoms with E-state index in [9.17, 15) is 9.59 Å². The summed E-state index contributed by atoms with van der Waals surface area (Å²) in [6, 6.07) is 0. The van der Waals surface area contributed by atoms with Crippen molar-refractivity contribution in [2.75, 3.05) is 13.2 Å². The largest absolute Gasteiger partial charge is 0.465 e. The van der Waals surface area contributed by atoms with Gasteiger partial charge in [-0.1, -0.05) is 138 Å². The molecule has 0 aliphatic rings. The summed E-state index contributed by atoms with van der Waals surface area (Å²) in [4.78, 5) is 24.4. The van der Waals surface area contributed by atoms with Crippen molar-refractivity contribution in [1.29, 1.82) is 0 Å². The van der Waals surface area contributed by atoms with Crippen molar-refractivity contribution in [3.63, 3.8) is 0 Å². The summed E-state index contributed by atoms with van der Waals surface area (Å²) >= 11 is 0. The van der Waals surface area contributed by atoms with Crippen molar-refractivity contribution in [2.24, 2.45) is 23.7 Å². The Bertz CT molecular complexity index is 559. The lowest BCUT2D eigenvalue weighted by atomic mass is 9.87. The summed E-state index contributed by atoms with van der Waals surface area (Å²) in [5.74, 6) is 2.03. The van der Waals surface area contributed by atoms with Gasteiger partial charge in [0, 0.05) is 12.8 Å². The summed E-state index contributed by atoms with van der Waals surface area (Å²) in [7, 11) is 0. The first-order valence-corrected chi connectivity index (χ1v) is 17.2. The van der Waals surface area contributed by atoms with E-state index in [1.807, 2.05) is 0 Å². The fourth-order valence-corrected chi connectivity index (χ4v) is 5.32. The third kappa shape index (κ3) is 23.4. The second-order valence-electron chi connectivity index (χ2n) is 12.5. The molecule has 232 valence electrons. The Labute approximate surface area is 244 Å². The Morgan fingerprint density at radius 3 is 1.41 bits per heavy atom. The van der Waals surface area contributed by atoms with Gasteiger partial charge in [-0.15, -0.1) is 0 Å². The molecule has 0 aromatic carbocycles. The maximum Gasteiger partial charge on any atom is 0.306 e. The molecule has 0 bridgehead atoms. The number of carbonyl (C=O) groups excluding carboxylic acids is 2. The summed E-state index contributed by atoms with van der Waals surface area (Å²) in [6.45, 7) is 14.5. The van der Waals surface area contributed by atoms with Crippen molar-refractivity contribution in [2.45, 2.75) is 176 Å². The van der Waals surface area contributed by atoms with E-state index in [0.717, 1.165) is 32.1 Å². The normalized spacial score (nSPS) is 13.8. The number of hydrogen-bond acceptors (Lipinski definition) is 4. The quantitative estimate of drug-likeness (QED) is 0.0715. The minimum absolute atomic E-state index is 0.00547. The molecule has 0 amide bonds. The first kappa shape index (κ1) is 37.9. The molecule has 39 heavy (non-hydrogen) atoms. The van der Waals surface area contributed by atoms with Crippen LogP contribution in [0.3, 0.4) is 0 Å². The highest BCUT2D eigenvalue weighted by molar-refractivity contribution is 5.69. The third-order valence-corrected chi connectivity index (χ3v) is 8.62. The van der Waals surface area contributed by atoms with Crippen molar-refractivity contribution in [3.8, 4) is 0 Å². The van der Waals surface area contributed by atoms with E-state index in [1.54, 1.807) is 0 Å². The second-order valence-corrected chi connectivity index (χ2v) is 12.5. The molecule has 3 atom stereocenters. The molecule has 4 nitrogen and oxygen atoms in total. The highest BCUT2D eigenvalue weighted by atomic mass is 16.5. The molecule has 4 heteroatoms. The topological polar surface area (TPSA) is 52.6 Å². The van der Waals surface area contributed by atoms with Crippen LogP contribution in [0.4, 0.5) is 0 Å². The second kappa shape index (κ2) is 27.1. The van der Waals surface area contributed by atoms with Gasteiger partial charge in [-0.25, -0.2) is 0 Å². The monoisotopic (exact) mass is 553 g/mol. The van der Waals surface area contributed by atoms with Crippen molar-refractivity contribution in [3.05, 3.63) is 0 Å². The van der Waals surface area contributed by atoms with Crippen LogP contribution >= 0.6 is 0 Å². The lowest BCUT2D eigenvalue weighted by Gasteiger charge is -2.21. The Hall–Kier alpha value is -1.06. The molecule has 0 heterocycles. The van der Waals surface area contributed by atoms with Crippen LogP contribution in [0.5, 0.6) is 0 Å². The molecule has 0 aromatic rings. The van der Waals surface area contributed by atoms with Gasteiger partial charge in [0.15, 0.2) is 0 Å². The molecule has 0 fully saturated rings. The molecule has 0 radical (unpaired) electrons. The number of carbonyl (C=O) groups is 2. The first-order valence-electron chi connectivity index (χ1n) is 17.2. The Morgan fingerprint density at radius 1 is 0.538 bits per heavy atom. The van der Waals surface area contributed by atoms with Crippen LogP contribution in [0.2, 0.25) is 0 Å². The Morgan fingerprint density at radius 2 is 0.974 bits per heavy atom. The summed E-state index contributed by atoms with van der Waals surface area (Å²) in [6.07, 6.45) is 24.0. The number of esters is 2. The van der Waals surface area contributed by atoms with Crippen LogP contribution < -0.4 is 0 Å². The van der Waals surface area contributed by atoms with Gasteiger partial charge in [-0.05, 0) is 49.4 Å². The van der Waals surface area contributed by atoms with Crippen LogP contribution in [0, 0.1) is 23.7 Å². The van der Waals surface area contributed by atoms with Gasteiger partial charge >= 0.3 is 11.9 Å². The van der Waals surface area contributed by atoms with E-state index in [2.05, 4.69) is 41.5 Å². The smallest absolute Gasteiger partial charge is 0.306 e. The zero-order valence-electron chi connectivity index (χ0n) is 27.2. The lowest BCUT2D eigenvalue weighted by molar-refractivity contribution is -0.147. The van der Waals surface area contributed by atoms with E-state index in [1.165, 1.54) is 89.9 Å². The van der Waals surface area contributed by atoms with Crippen molar-refractivity contribution in [1.82, 2.24) is 0 Å². The van der Waals surface area contributed by atoms with E-state index >= 15 is 0 Å². The predicted molar refractivity (Wildman–Crippen MR) is 167 cm³/mol. The molecule has 0 aliphatic carbocycles. The molecule has 3 unspecified atom stereocenters. The van der Waals surface area contributed by atoms with Crippen LogP contribution in [0.15, 0.2) is 0 Å². The Balaban J connectivity index is 3.74. The van der Waals surface area contributed by atoms with E-state index in [0.29, 0.717) is 49.7 Å². The zero-order chi connectivity index (χ0) is 29.1. The van der Waals surface area contributed by atoms with Gasteiger partial charge in [0.05, 0.1) is 13.2 Å². The van der Waals surface area contributed by atoms with Gasteiger partial charge in [0.1, 0.15) is 0 Å². The van der Waals surface area contributed by atoms with Gasteiger partial charge in [-0.3, -0.25) is 9.59 Å². The van der Waals surface area contributed by atoms with Crippen LogP contribution in [0.1, 0.15) is 176 Å². The number of hydrogen-bond donors (Lipinski definition) is 0. The molecule has 0 rings (SSSR count). The highest BCUT2D eigenvalue weighted by Crippen LogP contribution is 2.24. The van der Waals surface area contributed by atoms with Gasteiger partial charge in [0.25, 0.3) is 0 Å². The fourth-order valence-electron chi connectivity index (χ4n) is 5.32. The number of ether oxygens (including phenoxy) is 2. The minimum Gasteiger partial charge on any atom is -0.465 e. The SMILES string of the molecule is CCCCC(CC)COC(=O)CCCCCCCCCCCCC(CC(=O)OCC(CC)CCCC)C(C)C. The van der Waals surface area contributed by atoms with E-state index in [4.69, 9.17) is 9.47 Å². The minimum atomic E-state index is -0.00547. The van der Waals surface area contributed by atoms with Crippen LogP contribution in [-0.4, -0.2) is 25.2 Å². The van der Waals surface area contributed by atoms with Crippen LogP contribution in [-0.2, 0) is 19.1 Å². The average Bonchev–Trinajstić information content (AvgIpc) is 2.93. The molecule has 0 spiro atoms. The van der Waals surface area contributed by atoms with Gasteiger partial charge in [0.2, 0.25) is 0 Å². The lowest BCUT2D eigenvalue weighted by Crippen LogP contribution is -2.19. The van der Waals surface area contributed by atoms with Gasteiger partial charge < -0.3 is 9.47 Å². The predicted octanol–water partition coefficient (Wildman–Crippen LogP) is 10.8. The first-order chi connectivity index (χ1) is 18.9. The van der Waals surface area contributed by atoms with Crippen molar-refractivity contribution < 1.29 is 19.1 Å². The molecule has 0 saturated heterocycles.